The van der Waals surface area contributed by atoms with Crippen molar-refractivity contribution in [2.45, 2.75) is 37.5 Å². The summed E-state index contributed by atoms with van der Waals surface area (Å²) in [4.78, 5) is 20.9. The molecule has 23 heavy (non-hydrogen) atoms. The van der Waals surface area contributed by atoms with Gasteiger partial charge in [0, 0.05) is 24.5 Å². The minimum absolute atomic E-state index is 0.265. The van der Waals surface area contributed by atoms with Crippen molar-refractivity contribution in [2.75, 3.05) is 0 Å². The highest BCUT2D eigenvalue weighted by molar-refractivity contribution is 5.83. The number of hydrogen-bond acceptors (Lipinski definition) is 3. The Morgan fingerprint density at radius 3 is 2.61 bits per heavy atom. The van der Waals surface area contributed by atoms with Gasteiger partial charge >= 0.3 is 5.97 Å². The summed E-state index contributed by atoms with van der Waals surface area (Å²) in [5, 5.41) is 10.2. The van der Waals surface area contributed by atoms with Gasteiger partial charge in [-0.15, -0.1) is 6.58 Å². The van der Waals surface area contributed by atoms with E-state index in [0.29, 0.717) is 18.5 Å². The van der Waals surface area contributed by atoms with Crippen LogP contribution in [0.5, 0.6) is 0 Å². The average molecular weight is 310 g/mol. The van der Waals surface area contributed by atoms with E-state index >= 15 is 0 Å². The Balaban J connectivity index is 2.66. The third-order valence-electron chi connectivity index (χ3n) is 4.25. The smallest absolute Gasteiger partial charge is 0.315 e. The minimum atomic E-state index is -1.09. The van der Waals surface area contributed by atoms with Crippen LogP contribution in [0.25, 0.3) is 0 Å². The second-order valence-electron chi connectivity index (χ2n) is 5.61. The molecule has 2 atom stereocenters. The SMILES string of the molecule is C=CCC(C(=O)O)(c1ccccc1)C(CCC)c1cnccn1. The molecule has 2 rings (SSSR count). The fraction of sp³-hybridized carbons (Fsp3) is 0.316. The summed E-state index contributed by atoms with van der Waals surface area (Å²) >= 11 is 0. The quantitative estimate of drug-likeness (QED) is 0.750. The zero-order valence-corrected chi connectivity index (χ0v) is 13.4. The third-order valence-corrected chi connectivity index (χ3v) is 4.25. The fourth-order valence-electron chi connectivity index (χ4n) is 3.21. The molecule has 0 spiro atoms. The van der Waals surface area contributed by atoms with Crippen molar-refractivity contribution >= 4 is 5.97 Å². The van der Waals surface area contributed by atoms with Gasteiger partial charge in [-0.2, -0.15) is 0 Å². The van der Waals surface area contributed by atoms with Gasteiger partial charge in [-0.3, -0.25) is 14.8 Å². The maximum absolute atomic E-state index is 12.4. The summed E-state index contributed by atoms with van der Waals surface area (Å²) in [6.07, 6.45) is 8.49. The van der Waals surface area contributed by atoms with E-state index in [4.69, 9.17) is 0 Å². The van der Waals surface area contributed by atoms with E-state index in [1.165, 1.54) is 0 Å². The molecule has 2 aromatic rings. The molecule has 4 nitrogen and oxygen atoms in total. The predicted octanol–water partition coefficient (Wildman–Crippen LogP) is 3.96. The highest BCUT2D eigenvalue weighted by atomic mass is 16.4. The van der Waals surface area contributed by atoms with E-state index in [2.05, 4.69) is 23.5 Å². The summed E-state index contributed by atoms with van der Waals surface area (Å²) in [5.41, 5.74) is 0.397. The van der Waals surface area contributed by atoms with Gasteiger partial charge in [-0.1, -0.05) is 49.8 Å². The maximum Gasteiger partial charge on any atom is 0.315 e. The highest BCUT2D eigenvalue weighted by Crippen LogP contribution is 2.44. The van der Waals surface area contributed by atoms with Gasteiger partial charge < -0.3 is 5.11 Å². The van der Waals surface area contributed by atoms with E-state index in [1.807, 2.05) is 30.3 Å². The number of aliphatic carboxylic acids is 1. The summed E-state index contributed by atoms with van der Waals surface area (Å²) in [6.45, 7) is 5.84. The van der Waals surface area contributed by atoms with E-state index in [9.17, 15) is 9.90 Å². The Labute approximate surface area is 136 Å². The summed E-state index contributed by atoms with van der Waals surface area (Å²) < 4.78 is 0. The van der Waals surface area contributed by atoms with Gasteiger partial charge in [0.1, 0.15) is 5.41 Å². The van der Waals surface area contributed by atoms with E-state index in [-0.39, 0.29) is 5.92 Å². The molecule has 1 heterocycles. The monoisotopic (exact) mass is 310 g/mol. The standard InChI is InChI=1S/C19H22N2O2/c1-3-8-16(17-14-20-12-13-21-17)19(11-4-2,18(22)23)15-9-6-5-7-10-15/h4-7,9-10,12-14,16H,2-3,8,11H2,1H3,(H,22,23). The first-order chi connectivity index (χ1) is 11.2. The van der Waals surface area contributed by atoms with Gasteiger partial charge in [-0.25, -0.2) is 0 Å². The van der Waals surface area contributed by atoms with Crippen LogP contribution in [0, 0.1) is 0 Å². The lowest BCUT2D eigenvalue weighted by molar-refractivity contribution is -0.145. The van der Waals surface area contributed by atoms with Gasteiger partial charge in [0.05, 0.1) is 5.69 Å². The van der Waals surface area contributed by atoms with Gasteiger partial charge in [0.15, 0.2) is 0 Å². The summed E-state index contributed by atoms with van der Waals surface area (Å²) in [7, 11) is 0. The molecule has 2 unspecified atom stereocenters. The Kier molecular flexibility index (Phi) is 5.63. The zero-order valence-electron chi connectivity index (χ0n) is 13.4. The first kappa shape index (κ1) is 16.9. The molecular formula is C19H22N2O2. The van der Waals surface area contributed by atoms with Crippen LogP contribution in [0.1, 0.15) is 43.4 Å². The number of hydrogen-bond donors (Lipinski definition) is 1. The van der Waals surface area contributed by atoms with Crippen molar-refractivity contribution < 1.29 is 9.90 Å². The van der Waals surface area contributed by atoms with Crippen LogP contribution in [-0.2, 0) is 10.2 Å². The number of rotatable bonds is 8. The summed E-state index contributed by atoms with van der Waals surface area (Å²) in [6, 6.07) is 9.38. The molecule has 120 valence electrons. The normalized spacial score (nSPS) is 14.7. The van der Waals surface area contributed by atoms with Crippen LogP contribution in [0.15, 0.2) is 61.6 Å². The number of carboxylic acid groups (broad SMARTS) is 1. The Hall–Kier alpha value is -2.49. The van der Waals surface area contributed by atoms with Crippen LogP contribution in [-0.4, -0.2) is 21.0 Å². The zero-order chi connectivity index (χ0) is 16.7. The van der Waals surface area contributed by atoms with Crippen molar-refractivity contribution in [1.29, 1.82) is 0 Å². The lowest BCUT2D eigenvalue weighted by atomic mass is 9.65. The molecule has 0 amide bonds. The molecule has 4 heteroatoms. The molecule has 0 radical (unpaired) electrons. The van der Waals surface area contributed by atoms with Crippen molar-refractivity contribution in [3.8, 4) is 0 Å². The number of carboxylic acids is 1. The van der Waals surface area contributed by atoms with Crippen LogP contribution in [0.4, 0.5) is 0 Å². The molecular weight excluding hydrogens is 288 g/mol. The van der Waals surface area contributed by atoms with E-state index in [1.54, 1.807) is 24.7 Å². The van der Waals surface area contributed by atoms with Crippen molar-refractivity contribution in [1.82, 2.24) is 9.97 Å². The molecule has 0 saturated carbocycles. The molecule has 1 N–H and O–H groups in total. The lowest BCUT2D eigenvalue weighted by Crippen LogP contribution is -2.42. The number of benzene rings is 1. The first-order valence-electron chi connectivity index (χ1n) is 7.82. The Morgan fingerprint density at radius 1 is 1.35 bits per heavy atom. The van der Waals surface area contributed by atoms with Gasteiger partial charge in [0.25, 0.3) is 0 Å². The topological polar surface area (TPSA) is 63.1 Å². The molecule has 1 aromatic heterocycles. The number of aromatic nitrogens is 2. The van der Waals surface area contributed by atoms with Crippen LogP contribution < -0.4 is 0 Å². The highest BCUT2D eigenvalue weighted by Gasteiger charge is 2.47. The molecule has 0 aliphatic carbocycles. The number of allylic oxidation sites excluding steroid dienone is 1. The third kappa shape index (κ3) is 3.31. The molecule has 0 fully saturated rings. The van der Waals surface area contributed by atoms with Crippen LogP contribution >= 0.6 is 0 Å². The average Bonchev–Trinajstić information content (AvgIpc) is 2.59. The van der Waals surface area contributed by atoms with E-state index < -0.39 is 11.4 Å². The molecule has 0 aliphatic heterocycles. The number of carbonyl (C=O) groups is 1. The van der Waals surface area contributed by atoms with Crippen molar-refractivity contribution in [3.05, 3.63) is 72.8 Å². The minimum Gasteiger partial charge on any atom is -0.481 e. The molecule has 0 saturated heterocycles. The molecule has 0 aliphatic rings. The molecule has 1 aromatic carbocycles. The van der Waals surface area contributed by atoms with Crippen molar-refractivity contribution in [3.63, 3.8) is 0 Å². The fourth-order valence-corrected chi connectivity index (χ4v) is 3.21. The largest absolute Gasteiger partial charge is 0.481 e. The Morgan fingerprint density at radius 2 is 2.09 bits per heavy atom. The first-order valence-corrected chi connectivity index (χ1v) is 7.82. The van der Waals surface area contributed by atoms with Gasteiger partial charge in [-0.05, 0) is 18.4 Å². The van der Waals surface area contributed by atoms with Crippen LogP contribution in [0.3, 0.4) is 0 Å². The van der Waals surface area contributed by atoms with Gasteiger partial charge in [0.2, 0.25) is 0 Å². The summed E-state index contributed by atoms with van der Waals surface area (Å²) in [5.74, 6) is -1.12. The van der Waals surface area contributed by atoms with Crippen LogP contribution in [0.2, 0.25) is 0 Å². The molecule has 0 bridgehead atoms. The second kappa shape index (κ2) is 7.68. The predicted molar refractivity (Wildman–Crippen MR) is 90.3 cm³/mol. The lowest BCUT2D eigenvalue weighted by Gasteiger charge is -2.36. The second-order valence-corrected chi connectivity index (χ2v) is 5.61. The maximum atomic E-state index is 12.4. The van der Waals surface area contributed by atoms with E-state index in [0.717, 1.165) is 12.0 Å². The number of nitrogens with zero attached hydrogens (tertiary/aromatic N) is 2. The Bertz CT molecular complexity index is 643. The van der Waals surface area contributed by atoms with Crippen molar-refractivity contribution in [2.24, 2.45) is 0 Å².